The zero-order valence-corrected chi connectivity index (χ0v) is 13.2. The molecule has 0 aromatic heterocycles. The van der Waals surface area contributed by atoms with Crippen LogP contribution in [0.15, 0.2) is 28.7 Å². The van der Waals surface area contributed by atoms with E-state index in [1.54, 1.807) is 18.7 Å². The zero-order chi connectivity index (χ0) is 14.8. The summed E-state index contributed by atoms with van der Waals surface area (Å²) in [5.74, 6) is -0.134. The number of benzene rings is 1. The molecule has 1 aliphatic heterocycles. The largest absolute Gasteiger partial charge is 0.370 e. The van der Waals surface area contributed by atoms with Gasteiger partial charge in [-0.05, 0) is 31.5 Å². The maximum atomic E-state index is 12.3. The van der Waals surface area contributed by atoms with E-state index in [0.717, 1.165) is 10.0 Å². The number of ether oxygens (including phenoxy) is 1. The molecule has 0 unspecified atom stereocenters. The fourth-order valence-electron chi connectivity index (χ4n) is 2.16. The third kappa shape index (κ3) is 3.20. The molecule has 0 saturated carbocycles. The summed E-state index contributed by atoms with van der Waals surface area (Å²) < 4.78 is 6.75. The number of hydrogen-bond acceptors (Lipinski definition) is 3. The minimum absolute atomic E-state index is 0.129. The molecule has 1 atom stereocenters. The van der Waals surface area contributed by atoms with Crippen molar-refractivity contribution < 1.29 is 9.53 Å². The van der Waals surface area contributed by atoms with Crippen molar-refractivity contribution in [2.24, 2.45) is 5.41 Å². The van der Waals surface area contributed by atoms with Gasteiger partial charge < -0.3 is 9.64 Å². The highest BCUT2D eigenvalue weighted by molar-refractivity contribution is 9.10. The van der Waals surface area contributed by atoms with E-state index in [2.05, 4.69) is 22.0 Å². The van der Waals surface area contributed by atoms with Gasteiger partial charge in [0.2, 0.25) is 5.91 Å². The molecular formula is C15H17BrN2O2. The Morgan fingerprint density at radius 2 is 2.10 bits per heavy atom. The van der Waals surface area contributed by atoms with Gasteiger partial charge in [-0.1, -0.05) is 28.1 Å². The fourth-order valence-corrected chi connectivity index (χ4v) is 2.42. The van der Waals surface area contributed by atoms with Crippen molar-refractivity contribution in [2.45, 2.75) is 20.0 Å². The van der Waals surface area contributed by atoms with E-state index in [9.17, 15) is 4.79 Å². The van der Waals surface area contributed by atoms with Crippen LogP contribution in [0, 0.1) is 16.7 Å². The average molecular weight is 337 g/mol. The lowest BCUT2D eigenvalue weighted by Gasteiger charge is -2.35. The molecule has 0 spiro atoms. The highest BCUT2D eigenvalue weighted by atomic mass is 79.9. The molecule has 1 heterocycles. The predicted octanol–water partition coefficient (Wildman–Crippen LogP) is 2.90. The summed E-state index contributed by atoms with van der Waals surface area (Å²) in [7, 11) is 0. The molecule has 1 saturated heterocycles. The molecule has 1 aliphatic rings. The fraction of sp³-hybridized carbons (Fsp3) is 0.467. The SMILES string of the molecule is CC(C)(C#N)C(=O)N1CCO[C@@H](c2ccc(Br)cc2)C1. The Hall–Kier alpha value is -1.38. The van der Waals surface area contributed by atoms with Crippen molar-refractivity contribution in [1.29, 1.82) is 5.26 Å². The molecular weight excluding hydrogens is 320 g/mol. The van der Waals surface area contributed by atoms with Gasteiger partial charge in [-0.15, -0.1) is 0 Å². The predicted molar refractivity (Wildman–Crippen MR) is 78.8 cm³/mol. The van der Waals surface area contributed by atoms with Gasteiger partial charge in [0, 0.05) is 11.0 Å². The van der Waals surface area contributed by atoms with Crippen molar-refractivity contribution >= 4 is 21.8 Å². The summed E-state index contributed by atoms with van der Waals surface area (Å²) in [6.07, 6.45) is -0.129. The highest BCUT2D eigenvalue weighted by Crippen LogP contribution is 2.26. The lowest BCUT2D eigenvalue weighted by Crippen LogP contribution is -2.47. The quantitative estimate of drug-likeness (QED) is 0.834. The topological polar surface area (TPSA) is 53.3 Å². The number of rotatable bonds is 2. The van der Waals surface area contributed by atoms with E-state index < -0.39 is 5.41 Å². The monoisotopic (exact) mass is 336 g/mol. The number of carbonyl (C=O) groups excluding carboxylic acids is 1. The second kappa shape index (κ2) is 5.94. The number of nitrogens with zero attached hydrogens (tertiary/aromatic N) is 2. The van der Waals surface area contributed by atoms with Crippen LogP contribution in [0.3, 0.4) is 0 Å². The van der Waals surface area contributed by atoms with Crippen LogP contribution in [0.4, 0.5) is 0 Å². The Labute approximate surface area is 127 Å². The van der Waals surface area contributed by atoms with E-state index in [1.165, 1.54) is 0 Å². The lowest BCUT2D eigenvalue weighted by atomic mass is 9.93. The minimum Gasteiger partial charge on any atom is -0.370 e. The van der Waals surface area contributed by atoms with Crippen molar-refractivity contribution in [3.8, 4) is 6.07 Å². The Morgan fingerprint density at radius 1 is 1.45 bits per heavy atom. The summed E-state index contributed by atoms with van der Waals surface area (Å²) in [6, 6.07) is 9.94. The van der Waals surface area contributed by atoms with Crippen LogP contribution >= 0.6 is 15.9 Å². The van der Waals surface area contributed by atoms with Crippen LogP contribution in [0.5, 0.6) is 0 Å². The molecule has 1 aromatic carbocycles. The van der Waals surface area contributed by atoms with E-state index in [4.69, 9.17) is 10.00 Å². The van der Waals surface area contributed by atoms with E-state index in [-0.39, 0.29) is 12.0 Å². The Bertz CT molecular complexity index is 534. The first-order valence-corrected chi connectivity index (χ1v) is 7.31. The molecule has 0 aliphatic carbocycles. The van der Waals surface area contributed by atoms with Crippen LogP contribution in [0.2, 0.25) is 0 Å². The minimum atomic E-state index is -0.985. The summed E-state index contributed by atoms with van der Waals surface area (Å²) in [5.41, 5.74) is 0.0576. The Kier molecular flexibility index (Phi) is 4.46. The van der Waals surface area contributed by atoms with Gasteiger partial charge >= 0.3 is 0 Å². The van der Waals surface area contributed by atoms with Gasteiger partial charge in [0.05, 0.1) is 19.2 Å². The second-order valence-electron chi connectivity index (χ2n) is 5.40. The molecule has 1 fully saturated rings. The van der Waals surface area contributed by atoms with Crippen LogP contribution in [-0.4, -0.2) is 30.5 Å². The van der Waals surface area contributed by atoms with Crippen molar-refractivity contribution in [1.82, 2.24) is 4.90 Å². The van der Waals surface area contributed by atoms with Crippen molar-refractivity contribution in [2.75, 3.05) is 19.7 Å². The molecule has 106 valence electrons. The Morgan fingerprint density at radius 3 is 2.70 bits per heavy atom. The van der Waals surface area contributed by atoms with Gasteiger partial charge in [0.1, 0.15) is 11.5 Å². The van der Waals surface area contributed by atoms with Gasteiger partial charge in [-0.3, -0.25) is 4.79 Å². The molecule has 5 heteroatoms. The first-order valence-electron chi connectivity index (χ1n) is 6.52. The second-order valence-corrected chi connectivity index (χ2v) is 6.31. The van der Waals surface area contributed by atoms with Crippen LogP contribution < -0.4 is 0 Å². The average Bonchev–Trinajstić information content (AvgIpc) is 2.47. The summed E-state index contributed by atoms with van der Waals surface area (Å²) >= 11 is 3.40. The molecule has 0 N–H and O–H groups in total. The van der Waals surface area contributed by atoms with E-state index in [0.29, 0.717) is 19.7 Å². The molecule has 1 aromatic rings. The van der Waals surface area contributed by atoms with Crippen LogP contribution in [0.25, 0.3) is 0 Å². The van der Waals surface area contributed by atoms with Crippen LogP contribution in [-0.2, 0) is 9.53 Å². The van der Waals surface area contributed by atoms with Gasteiger partial charge in [-0.25, -0.2) is 0 Å². The smallest absolute Gasteiger partial charge is 0.242 e. The summed E-state index contributed by atoms with van der Waals surface area (Å²) in [6.45, 7) is 4.83. The zero-order valence-electron chi connectivity index (χ0n) is 11.6. The first-order chi connectivity index (χ1) is 9.44. The summed E-state index contributed by atoms with van der Waals surface area (Å²) in [4.78, 5) is 14.0. The van der Waals surface area contributed by atoms with Gasteiger partial charge in [-0.2, -0.15) is 5.26 Å². The number of hydrogen-bond donors (Lipinski definition) is 0. The van der Waals surface area contributed by atoms with E-state index >= 15 is 0 Å². The molecule has 0 bridgehead atoms. The number of carbonyl (C=O) groups is 1. The number of nitriles is 1. The van der Waals surface area contributed by atoms with Gasteiger partial charge in [0.15, 0.2) is 0 Å². The first kappa shape index (κ1) is 15.0. The highest BCUT2D eigenvalue weighted by Gasteiger charge is 2.35. The van der Waals surface area contributed by atoms with Gasteiger partial charge in [0.25, 0.3) is 0 Å². The maximum Gasteiger partial charge on any atom is 0.242 e. The summed E-state index contributed by atoms with van der Waals surface area (Å²) in [5, 5.41) is 9.07. The van der Waals surface area contributed by atoms with Crippen molar-refractivity contribution in [3.05, 3.63) is 34.3 Å². The standard InChI is InChI=1S/C15H17BrN2O2/c1-15(2,10-17)14(19)18-7-8-20-13(9-18)11-3-5-12(16)6-4-11/h3-6,13H,7-9H2,1-2H3/t13-/m1/s1. The van der Waals surface area contributed by atoms with E-state index in [1.807, 2.05) is 24.3 Å². The molecule has 0 radical (unpaired) electrons. The molecule has 4 nitrogen and oxygen atoms in total. The maximum absolute atomic E-state index is 12.3. The third-order valence-corrected chi connectivity index (χ3v) is 3.94. The van der Waals surface area contributed by atoms with Crippen LogP contribution in [0.1, 0.15) is 25.5 Å². The Balaban J connectivity index is 2.11. The number of halogens is 1. The molecule has 20 heavy (non-hydrogen) atoms. The normalized spacial score (nSPS) is 19.5. The number of amides is 1. The number of morpholine rings is 1. The van der Waals surface area contributed by atoms with Crippen molar-refractivity contribution in [3.63, 3.8) is 0 Å². The third-order valence-electron chi connectivity index (χ3n) is 3.41. The molecule has 2 rings (SSSR count). The molecule has 1 amide bonds. The lowest BCUT2D eigenvalue weighted by molar-refractivity contribution is -0.145.